The van der Waals surface area contributed by atoms with E-state index in [1.54, 1.807) is 24.3 Å². The quantitative estimate of drug-likeness (QED) is 0.317. The van der Waals surface area contributed by atoms with Crippen LogP contribution >= 0.6 is 0 Å². The van der Waals surface area contributed by atoms with E-state index in [-0.39, 0.29) is 24.7 Å². The molecule has 0 fully saturated rings. The van der Waals surface area contributed by atoms with Crippen LogP contribution in [0, 0.1) is 0 Å². The highest BCUT2D eigenvalue weighted by molar-refractivity contribution is 6.45. The number of rotatable bonds is 8. The molecule has 0 aliphatic rings. The minimum absolute atomic E-state index is 0.0411. The van der Waals surface area contributed by atoms with Crippen molar-refractivity contribution in [2.75, 3.05) is 6.61 Å². The maximum Gasteiger partial charge on any atom is 0.416 e. The van der Waals surface area contributed by atoms with Crippen molar-refractivity contribution < 1.29 is 32.7 Å². The molecule has 0 aliphatic heterocycles. The third-order valence-electron chi connectivity index (χ3n) is 3.51. The van der Waals surface area contributed by atoms with Crippen molar-refractivity contribution in [3.8, 4) is 5.75 Å². The number of alkyl halides is 3. The Morgan fingerprint density at radius 1 is 1.18 bits per heavy atom. The van der Waals surface area contributed by atoms with Gasteiger partial charge < -0.3 is 14.8 Å². The lowest BCUT2D eigenvalue weighted by Gasteiger charge is -2.10. The van der Waals surface area contributed by atoms with Crippen LogP contribution in [0.1, 0.15) is 23.6 Å². The third kappa shape index (κ3) is 6.11. The average molecular weight is 394 g/mol. The standard InChI is InChI=1S/C19H17F3N2O4/c1-13(25)18(24-28-10-9-23-26)15-5-7-17(8-6-15)27-12-14-3-2-4-16(11-14)19(20,21)22/h2-9,11,26H,10,12H2,1H3/b23-9?,24-18+. The van der Waals surface area contributed by atoms with Gasteiger partial charge in [-0.15, -0.1) is 0 Å². The Balaban J connectivity index is 2.05. The number of nitrogens with zero attached hydrogens (tertiary/aromatic N) is 2. The predicted octanol–water partition coefficient (Wildman–Crippen LogP) is 4.05. The Labute approximate surface area is 158 Å². The van der Waals surface area contributed by atoms with Crippen molar-refractivity contribution in [3.63, 3.8) is 0 Å². The van der Waals surface area contributed by atoms with Gasteiger partial charge in [-0.05, 0) is 42.0 Å². The zero-order valence-corrected chi connectivity index (χ0v) is 14.8. The van der Waals surface area contributed by atoms with Crippen LogP contribution in [0.5, 0.6) is 5.75 Å². The Kier molecular flexibility index (Phi) is 7.14. The Morgan fingerprint density at radius 2 is 1.89 bits per heavy atom. The van der Waals surface area contributed by atoms with E-state index < -0.39 is 11.7 Å². The highest BCUT2D eigenvalue weighted by atomic mass is 19.4. The molecule has 9 heteroatoms. The molecule has 148 valence electrons. The minimum atomic E-state index is -4.41. The van der Waals surface area contributed by atoms with Gasteiger partial charge in [-0.25, -0.2) is 0 Å². The lowest BCUT2D eigenvalue weighted by atomic mass is 10.1. The first-order valence-corrected chi connectivity index (χ1v) is 8.07. The fraction of sp³-hybridized carbons (Fsp3) is 0.211. The second-order valence-corrected chi connectivity index (χ2v) is 5.60. The van der Waals surface area contributed by atoms with E-state index in [1.807, 2.05) is 0 Å². The summed E-state index contributed by atoms with van der Waals surface area (Å²) >= 11 is 0. The average Bonchev–Trinajstić information content (AvgIpc) is 2.66. The predicted molar refractivity (Wildman–Crippen MR) is 95.7 cm³/mol. The molecule has 0 radical (unpaired) electrons. The summed E-state index contributed by atoms with van der Waals surface area (Å²) < 4.78 is 43.7. The first-order valence-electron chi connectivity index (χ1n) is 8.07. The molecule has 6 nitrogen and oxygen atoms in total. The number of carbonyl (C=O) groups excluding carboxylic acids is 1. The normalized spacial score (nSPS) is 12.2. The molecule has 2 aromatic carbocycles. The van der Waals surface area contributed by atoms with Crippen molar-refractivity contribution >= 4 is 17.7 Å². The summed E-state index contributed by atoms with van der Waals surface area (Å²) in [5.74, 6) is 0.0796. The second-order valence-electron chi connectivity index (χ2n) is 5.60. The summed E-state index contributed by atoms with van der Waals surface area (Å²) in [6.07, 6.45) is -3.35. The van der Waals surface area contributed by atoms with Gasteiger partial charge in [-0.1, -0.05) is 22.4 Å². The minimum Gasteiger partial charge on any atom is -0.489 e. The van der Waals surface area contributed by atoms with Crippen LogP contribution in [0.3, 0.4) is 0 Å². The van der Waals surface area contributed by atoms with Gasteiger partial charge in [-0.3, -0.25) is 4.79 Å². The molecule has 0 saturated heterocycles. The van der Waals surface area contributed by atoms with E-state index in [4.69, 9.17) is 14.8 Å². The summed E-state index contributed by atoms with van der Waals surface area (Å²) in [6.45, 7) is 1.17. The van der Waals surface area contributed by atoms with Gasteiger partial charge in [0.05, 0.1) is 11.8 Å². The van der Waals surface area contributed by atoms with E-state index in [9.17, 15) is 18.0 Å². The lowest BCUT2D eigenvalue weighted by molar-refractivity contribution is -0.137. The Bertz CT molecular complexity index is 862. The first kappa shape index (κ1) is 20.9. The molecular weight excluding hydrogens is 377 g/mol. The second kappa shape index (κ2) is 9.54. The maximum absolute atomic E-state index is 12.7. The van der Waals surface area contributed by atoms with Crippen LogP contribution in [0.25, 0.3) is 0 Å². The van der Waals surface area contributed by atoms with Crippen molar-refractivity contribution in [1.82, 2.24) is 0 Å². The molecule has 1 N–H and O–H groups in total. The Morgan fingerprint density at radius 3 is 2.50 bits per heavy atom. The molecule has 2 rings (SSSR count). The smallest absolute Gasteiger partial charge is 0.416 e. The topological polar surface area (TPSA) is 80.5 Å². The number of Topliss-reactive ketones (excluding diaryl/α,β-unsaturated/α-hetero) is 1. The van der Waals surface area contributed by atoms with Gasteiger partial charge in [0.2, 0.25) is 0 Å². The molecule has 0 bridgehead atoms. The number of benzene rings is 2. The fourth-order valence-electron chi connectivity index (χ4n) is 2.20. The van der Waals surface area contributed by atoms with Crippen molar-refractivity contribution in [2.24, 2.45) is 10.3 Å². The summed E-state index contributed by atoms with van der Waals surface area (Å²) in [4.78, 5) is 16.6. The van der Waals surface area contributed by atoms with Gasteiger partial charge in [0.15, 0.2) is 18.1 Å². The number of ether oxygens (including phenoxy) is 1. The summed E-state index contributed by atoms with van der Waals surface area (Å²) in [7, 11) is 0. The van der Waals surface area contributed by atoms with E-state index in [1.165, 1.54) is 19.1 Å². The molecule has 0 atom stereocenters. The molecule has 0 heterocycles. The SMILES string of the molecule is CC(=O)/C(=N\OCC=NO)c1ccc(OCc2cccc(C(F)(F)F)c2)cc1. The molecule has 0 aromatic heterocycles. The molecule has 28 heavy (non-hydrogen) atoms. The van der Waals surface area contributed by atoms with Crippen LogP contribution in [0.4, 0.5) is 13.2 Å². The number of hydrogen-bond donors (Lipinski definition) is 1. The van der Waals surface area contributed by atoms with Gasteiger partial charge in [0.1, 0.15) is 12.4 Å². The molecular formula is C19H17F3N2O4. The van der Waals surface area contributed by atoms with Crippen LogP contribution < -0.4 is 4.74 Å². The van der Waals surface area contributed by atoms with Crippen LogP contribution in [-0.2, 0) is 22.4 Å². The number of halogens is 3. The molecule has 0 spiro atoms. The van der Waals surface area contributed by atoms with E-state index in [0.717, 1.165) is 18.3 Å². The van der Waals surface area contributed by atoms with E-state index >= 15 is 0 Å². The zero-order chi connectivity index (χ0) is 20.6. The fourth-order valence-corrected chi connectivity index (χ4v) is 2.20. The molecule has 0 saturated carbocycles. The van der Waals surface area contributed by atoms with Crippen molar-refractivity contribution in [3.05, 3.63) is 65.2 Å². The number of hydrogen-bond acceptors (Lipinski definition) is 6. The first-order chi connectivity index (χ1) is 13.3. The monoisotopic (exact) mass is 394 g/mol. The third-order valence-corrected chi connectivity index (χ3v) is 3.51. The highest BCUT2D eigenvalue weighted by Gasteiger charge is 2.30. The van der Waals surface area contributed by atoms with E-state index in [2.05, 4.69) is 10.3 Å². The van der Waals surface area contributed by atoms with Crippen LogP contribution in [-0.4, -0.2) is 29.5 Å². The van der Waals surface area contributed by atoms with Gasteiger partial charge >= 0.3 is 6.18 Å². The number of carbonyl (C=O) groups is 1. The van der Waals surface area contributed by atoms with Crippen LogP contribution in [0.2, 0.25) is 0 Å². The summed E-state index contributed by atoms with van der Waals surface area (Å²) in [5.41, 5.74) is 0.178. The van der Waals surface area contributed by atoms with Crippen LogP contribution in [0.15, 0.2) is 58.8 Å². The van der Waals surface area contributed by atoms with Gasteiger partial charge in [-0.2, -0.15) is 13.2 Å². The molecule has 0 unspecified atom stereocenters. The number of oxime groups is 2. The summed E-state index contributed by atoms with van der Waals surface area (Å²) in [6, 6.07) is 11.2. The number of ketones is 1. The molecule has 0 amide bonds. The molecule has 0 aliphatic carbocycles. The lowest BCUT2D eigenvalue weighted by Crippen LogP contribution is -2.12. The maximum atomic E-state index is 12.7. The molecule has 2 aromatic rings. The Hall–Kier alpha value is -3.36. The highest BCUT2D eigenvalue weighted by Crippen LogP contribution is 2.29. The van der Waals surface area contributed by atoms with Crippen molar-refractivity contribution in [2.45, 2.75) is 19.7 Å². The van der Waals surface area contributed by atoms with Crippen molar-refractivity contribution in [1.29, 1.82) is 0 Å². The van der Waals surface area contributed by atoms with Gasteiger partial charge in [0.25, 0.3) is 0 Å². The largest absolute Gasteiger partial charge is 0.489 e. The zero-order valence-electron chi connectivity index (χ0n) is 14.8. The summed E-state index contributed by atoms with van der Waals surface area (Å²) in [5, 5.41) is 14.7. The van der Waals surface area contributed by atoms with E-state index in [0.29, 0.717) is 16.9 Å². The van der Waals surface area contributed by atoms with Gasteiger partial charge in [0, 0.05) is 12.5 Å².